The summed E-state index contributed by atoms with van der Waals surface area (Å²) in [6, 6.07) is 3.95. The first kappa shape index (κ1) is 27.5. The number of fused-ring (bicyclic) bond motifs is 1. The van der Waals surface area contributed by atoms with Crippen LogP contribution < -0.4 is 16.4 Å². The molecule has 3 rings (SSSR count). The highest BCUT2D eigenvalue weighted by Crippen LogP contribution is 2.23. The molecule has 0 aliphatic carbocycles. The highest BCUT2D eigenvalue weighted by Gasteiger charge is 2.39. The van der Waals surface area contributed by atoms with E-state index in [4.69, 9.17) is 5.73 Å². The van der Waals surface area contributed by atoms with Gasteiger partial charge in [0.25, 0.3) is 0 Å². The molecule has 196 valence electrons. The second-order valence-electron chi connectivity index (χ2n) is 9.31. The topological polar surface area (TPSA) is 158 Å². The number of benzene rings is 1. The van der Waals surface area contributed by atoms with Gasteiger partial charge in [-0.2, -0.15) is 12.6 Å². The molecule has 0 saturated carbocycles. The SMILES string of the molecule is CCC(C)C(N)C(=O)NC(Cc1c[nH]c2ccccc12)C(=O)N1CCCC1C(=O)NC(CS)C(=O)O. The molecule has 5 unspecified atom stereocenters. The number of nitrogens with one attached hydrogen (secondary N) is 3. The smallest absolute Gasteiger partial charge is 0.327 e. The lowest BCUT2D eigenvalue weighted by Gasteiger charge is -2.30. The fourth-order valence-electron chi connectivity index (χ4n) is 4.46. The molecule has 0 radical (unpaired) electrons. The molecule has 2 heterocycles. The van der Waals surface area contributed by atoms with Crippen molar-refractivity contribution in [3.63, 3.8) is 0 Å². The van der Waals surface area contributed by atoms with Gasteiger partial charge in [-0.3, -0.25) is 14.4 Å². The quantitative estimate of drug-likeness (QED) is 0.245. The standard InChI is InChI=1S/C25H35N5O5S/c1-3-14(2)21(26)23(32)28-18(11-15-12-27-17-8-5-4-7-16(15)17)24(33)30-10-6-9-20(30)22(31)29-19(13-36)25(34)35/h4-5,7-8,12,14,18-21,27,36H,3,6,9-11,13,26H2,1-2H3,(H,28,32)(H,29,31)(H,34,35). The summed E-state index contributed by atoms with van der Waals surface area (Å²) in [5.74, 6) is -2.72. The van der Waals surface area contributed by atoms with Crippen LogP contribution in [0.3, 0.4) is 0 Å². The number of carboxylic acids is 1. The molecule has 0 spiro atoms. The second-order valence-corrected chi connectivity index (χ2v) is 9.67. The van der Waals surface area contributed by atoms with Crippen molar-refractivity contribution < 1.29 is 24.3 Å². The van der Waals surface area contributed by atoms with Crippen LogP contribution in [0.5, 0.6) is 0 Å². The normalized spacial score (nSPS) is 18.9. The van der Waals surface area contributed by atoms with Gasteiger partial charge in [-0.05, 0) is 30.4 Å². The third kappa shape index (κ3) is 6.19. The second kappa shape index (κ2) is 12.3. The number of aromatic amines is 1. The molecule has 6 N–H and O–H groups in total. The summed E-state index contributed by atoms with van der Waals surface area (Å²) in [6.45, 7) is 4.14. The molecule has 5 atom stereocenters. The van der Waals surface area contributed by atoms with Gasteiger partial charge < -0.3 is 31.4 Å². The summed E-state index contributed by atoms with van der Waals surface area (Å²) < 4.78 is 0. The summed E-state index contributed by atoms with van der Waals surface area (Å²) in [4.78, 5) is 55.6. The molecular weight excluding hydrogens is 482 g/mol. The van der Waals surface area contributed by atoms with E-state index < -0.39 is 47.9 Å². The third-order valence-electron chi connectivity index (χ3n) is 6.91. The summed E-state index contributed by atoms with van der Waals surface area (Å²) in [5.41, 5.74) is 7.90. The van der Waals surface area contributed by atoms with Crippen molar-refractivity contribution in [2.24, 2.45) is 11.7 Å². The summed E-state index contributed by atoms with van der Waals surface area (Å²) >= 11 is 3.99. The van der Waals surface area contributed by atoms with E-state index in [1.807, 2.05) is 44.3 Å². The van der Waals surface area contributed by atoms with Gasteiger partial charge in [0.2, 0.25) is 17.7 Å². The van der Waals surface area contributed by atoms with E-state index in [9.17, 15) is 24.3 Å². The number of likely N-dealkylation sites (tertiary alicyclic amines) is 1. The molecule has 1 aliphatic rings. The maximum absolute atomic E-state index is 13.8. The van der Waals surface area contributed by atoms with Gasteiger partial charge in [0, 0.05) is 35.8 Å². The molecule has 1 aromatic carbocycles. The predicted molar refractivity (Wildman–Crippen MR) is 140 cm³/mol. The Bertz CT molecular complexity index is 1110. The number of carbonyl (C=O) groups is 4. The van der Waals surface area contributed by atoms with Crippen LogP contribution in [0.25, 0.3) is 10.9 Å². The molecule has 11 heteroatoms. The lowest BCUT2D eigenvalue weighted by atomic mass is 9.98. The van der Waals surface area contributed by atoms with Crippen LogP contribution in [-0.2, 0) is 25.6 Å². The number of aromatic nitrogens is 1. The first-order chi connectivity index (χ1) is 17.2. The summed E-state index contributed by atoms with van der Waals surface area (Å²) in [6.07, 6.45) is 3.71. The van der Waals surface area contributed by atoms with Gasteiger partial charge in [-0.15, -0.1) is 0 Å². The van der Waals surface area contributed by atoms with Gasteiger partial charge >= 0.3 is 5.97 Å². The Morgan fingerprint density at radius 3 is 2.61 bits per heavy atom. The lowest BCUT2D eigenvalue weighted by Crippen LogP contribution is -2.58. The van der Waals surface area contributed by atoms with Crippen molar-refractivity contribution in [1.82, 2.24) is 20.5 Å². The van der Waals surface area contributed by atoms with Crippen LogP contribution >= 0.6 is 12.6 Å². The summed E-state index contributed by atoms with van der Waals surface area (Å²) in [7, 11) is 0. The minimum absolute atomic E-state index is 0.0749. The maximum atomic E-state index is 13.8. The average molecular weight is 518 g/mol. The number of para-hydroxylation sites is 1. The van der Waals surface area contributed by atoms with Gasteiger partial charge in [0.05, 0.1) is 6.04 Å². The molecule has 36 heavy (non-hydrogen) atoms. The van der Waals surface area contributed by atoms with Crippen LogP contribution in [0.15, 0.2) is 30.5 Å². The number of nitrogens with two attached hydrogens (primary N) is 1. The zero-order chi connectivity index (χ0) is 26.4. The van der Waals surface area contributed by atoms with Gasteiger partial charge in [0.15, 0.2) is 0 Å². The van der Waals surface area contributed by atoms with E-state index in [0.29, 0.717) is 25.8 Å². The Hall–Kier alpha value is -3.05. The van der Waals surface area contributed by atoms with E-state index in [-0.39, 0.29) is 18.1 Å². The largest absolute Gasteiger partial charge is 0.480 e. The van der Waals surface area contributed by atoms with Gasteiger partial charge in [0.1, 0.15) is 18.1 Å². The van der Waals surface area contributed by atoms with Crippen molar-refractivity contribution >= 4 is 47.2 Å². The third-order valence-corrected chi connectivity index (χ3v) is 7.27. The Morgan fingerprint density at radius 2 is 1.94 bits per heavy atom. The molecule has 1 aromatic heterocycles. The number of aliphatic carboxylic acids is 1. The Morgan fingerprint density at radius 1 is 1.22 bits per heavy atom. The number of nitrogens with zero attached hydrogens (tertiary/aromatic N) is 1. The molecule has 10 nitrogen and oxygen atoms in total. The highest BCUT2D eigenvalue weighted by atomic mass is 32.1. The first-order valence-electron chi connectivity index (χ1n) is 12.2. The molecule has 1 saturated heterocycles. The highest BCUT2D eigenvalue weighted by molar-refractivity contribution is 7.80. The van der Waals surface area contributed by atoms with Crippen molar-refractivity contribution in [2.75, 3.05) is 12.3 Å². The van der Waals surface area contributed by atoms with E-state index in [1.165, 1.54) is 4.90 Å². The van der Waals surface area contributed by atoms with E-state index in [2.05, 4.69) is 28.2 Å². The van der Waals surface area contributed by atoms with Crippen LogP contribution in [0.1, 0.15) is 38.7 Å². The van der Waals surface area contributed by atoms with Crippen molar-refractivity contribution in [3.05, 3.63) is 36.0 Å². The number of carbonyl (C=O) groups excluding carboxylic acids is 3. The first-order valence-corrected chi connectivity index (χ1v) is 12.9. The number of thiol groups is 1. The molecule has 0 bridgehead atoms. The van der Waals surface area contributed by atoms with E-state index in [0.717, 1.165) is 16.5 Å². The molecule has 1 fully saturated rings. The molecule has 1 aliphatic heterocycles. The Kier molecular flexibility index (Phi) is 9.38. The van der Waals surface area contributed by atoms with Crippen LogP contribution in [-0.4, -0.2) is 75.1 Å². The number of carboxylic acid groups (broad SMARTS) is 1. The average Bonchev–Trinajstić information content (AvgIpc) is 3.52. The Balaban J connectivity index is 1.85. The van der Waals surface area contributed by atoms with Crippen LogP contribution in [0.2, 0.25) is 0 Å². The minimum Gasteiger partial charge on any atom is -0.480 e. The number of hydrogen-bond donors (Lipinski definition) is 6. The van der Waals surface area contributed by atoms with Gasteiger partial charge in [-0.1, -0.05) is 38.5 Å². The molecule has 2 aromatic rings. The van der Waals surface area contributed by atoms with Crippen molar-refractivity contribution in [3.8, 4) is 0 Å². The van der Waals surface area contributed by atoms with Crippen molar-refractivity contribution in [2.45, 2.75) is 63.7 Å². The minimum atomic E-state index is -1.20. The zero-order valence-electron chi connectivity index (χ0n) is 20.6. The van der Waals surface area contributed by atoms with E-state index >= 15 is 0 Å². The number of hydrogen-bond acceptors (Lipinski definition) is 6. The molecule has 3 amide bonds. The predicted octanol–water partition coefficient (Wildman–Crippen LogP) is 1.06. The fourth-order valence-corrected chi connectivity index (χ4v) is 4.70. The number of rotatable bonds is 11. The zero-order valence-corrected chi connectivity index (χ0v) is 21.5. The molecular formula is C25H35N5O5S. The monoisotopic (exact) mass is 517 g/mol. The fraction of sp³-hybridized carbons (Fsp3) is 0.520. The van der Waals surface area contributed by atoms with Crippen LogP contribution in [0.4, 0.5) is 0 Å². The number of amides is 3. The summed E-state index contributed by atoms with van der Waals surface area (Å²) in [5, 5.41) is 15.5. The van der Waals surface area contributed by atoms with E-state index in [1.54, 1.807) is 0 Å². The van der Waals surface area contributed by atoms with Gasteiger partial charge in [-0.25, -0.2) is 4.79 Å². The van der Waals surface area contributed by atoms with Crippen molar-refractivity contribution in [1.29, 1.82) is 0 Å². The number of H-pyrrole nitrogens is 1. The van der Waals surface area contributed by atoms with Crippen LogP contribution in [0, 0.1) is 5.92 Å². The maximum Gasteiger partial charge on any atom is 0.327 e. The lowest BCUT2D eigenvalue weighted by molar-refractivity contribution is -0.144. The Labute approximate surface area is 215 Å².